The van der Waals surface area contributed by atoms with Crippen LogP contribution in [0.15, 0.2) is 36.9 Å². The highest BCUT2D eigenvalue weighted by molar-refractivity contribution is 6.04. The fourth-order valence-electron chi connectivity index (χ4n) is 6.57. The van der Waals surface area contributed by atoms with E-state index in [1.807, 2.05) is 6.92 Å². The molecule has 3 aliphatic heterocycles. The summed E-state index contributed by atoms with van der Waals surface area (Å²) >= 11 is 0. The van der Waals surface area contributed by atoms with E-state index >= 15 is 0 Å². The summed E-state index contributed by atoms with van der Waals surface area (Å²) in [5, 5.41) is 19.3. The molecule has 6 atom stereocenters. The summed E-state index contributed by atoms with van der Waals surface area (Å²) in [5.41, 5.74) is -1.62. The Hall–Kier alpha value is -2.91. The molecule has 3 saturated heterocycles. The third-order valence-corrected chi connectivity index (χ3v) is 8.33. The molecule has 3 fully saturated rings. The fraction of sp³-hybridized carbons (Fsp3) is 0.593. The van der Waals surface area contributed by atoms with Gasteiger partial charge in [0.25, 0.3) is 5.91 Å². The van der Waals surface area contributed by atoms with Gasteiger partial charge in [0, 0.05) is 25.4 Å². The van der Waals surface area contributed by atoms with E-state index < -0.39 is 35.0 Å². The second-order valence-electron chi connectivity index (χ2n) is 10.3. The number of carbonyl (C=O) groups excluding carboxylic acids is 2. The van der Waals surface area contributed by atoms with Crippen molar-refractivity contribution in [1.82, 2.24) is 4.90 Å². The number of methoxy groups -OCH3 is 1. The Kier molecular flexibility index (Phi) is 7.16. The number of benzene rings is 1. The van der Waals surface area contributed by atoms with Crippen molar-refractivity contribution in [3.05, 3.63) is 36.9 Å². The lowest BCUT2D eigenvalue weighted by Gasteiger charge is -2.37. The Balaban J connectivity index is 1.77. The molecule has 4 rings (SSSR count). The van der Waals surface area contributed by atoms with Crippen molar-refractivity contribution in [3.8, 4) is 5.75 Å². The van der Waals surface area contributed by atoms with Crippen LogP contribution in [0.25, 0.3) is 0 Å². The molecule has 9 nitrogen and oxygen atoms in total. The van der Waals surface area contributed by atoms with E-state index in [1.165, 1.54) is 4.90 Å². The average Bonchev–Trinajstić information content (AvgIpc) is 3.36. The minimum Gasteiger partial charge on any atom is -0.497 e. The molecule has 3 heterocycles. The highest BCUT2D eigenvalue weighted by Gasteiger charge is 2.80. The first-order valence-corrected chi connectivity index (χ1v) is 12.6. The Labute approximate surface area is 211 Å². The van der Waals surface area contributed by atoms with Crippen LogP contribution >= 0.6 is 0 Å². The predicted octanol–water partition coefficient (Wildman–Crippen LogP) is 2.47. The monoisotopic (exact) mass is 500 g/mol. The van der Waals surface area contributed by atoms with Crippen LogP contribution in [0.3, 0.4) is 0 Å². The van der Waals surface area contributed by atoms with Gasteiger partial charge in [-0.15, -0.1) is 6.58 Å². The van der Waals surface area contributed by atoms with Crippen molar-refractivity contribution in [2.45, 2.75) is 56.8 Å². The summed E-state index contributed by atoms with van der Waals surface area (Å²) in [4.78, 5) is 43.7. The van der Waals surface area contributed by atoms with E-state index in [2.05, 4.69) is 6.58 Å². The van der Waals surface area contributed by atoms with Crippen LogP contribution < -0.4 is 9.64 Å². The van der Waals surface area contributed by atoms with Crippen LogP contribution in [0, 0.1) is 17.8 Å². The Morgan fingerprint density at radius 2 is 1.97 bits per heavy atom. The molecule has 3 aliphatic rings. The molecule has 0 aliphatic carbocycles. The van der Waals surface area contributed by atoms with Gasteiger partial charge in [0.15, 0.2) is 0 Å². The van der Waals surface area contributed by atoms with Crippen LogP contribution in [0.5, 0.6) is 5.75 Å². The summed E-state index contributed by atoms with van der Waals surface area (Å²) in [6.07, 6.45) is 3.92. The lowest BCUT2D eigenvalue weighted by Crippen LogP contribution is -2.56. The number of fused-ring (bicyclic) bond motifs is 1. The van der Waals surface area contributed by atoms with Crippen molar-refractivity contribution < 1.29 is 34.1 Å². The molecule has 3 unspecified atom stereocenters. The quantitative estimate of drug-likeness (QED) is 0.354. The van der Waals surface area contributed by atoms with Crippen LogP contribution in [0.2, 0.25) is 0 Å². The maximum atomic E-state index is 14.3. The highest BCUT2D eigenvalue weighted by Crippen LogP contribution is 2.65. The van der Waals surface area contributed by atoms with E-state index in [1.54, 1.807) is 49.3 Å². The number of hydrogen-bond acceptors (Lipinski definition) is 6. The van der Waals surface area contributed by atoms with E-state index in [-0.39, 0.29) is 30.9 Å². The number of amides is 2. The second kappa shape index (κ2) is 9.86. The fourth-order valence-corrected chi connectivity index (χ4v) is 6.57. The molecule has 9 heteroatoms. The first-order valence-electron chi connectivity index (χ1n) is 12.6. The molecule has 2 amide bonds. The molecule has 36 heavy (non-hydrogen) atoms. The zero-order valence-corrected chi connectivity index (χ0v) is 21.2. The number of carboxylic acids is 1. The first-order chi connectivity index (χ1) is 17.2. The average molecular weight is 501 g/mol. The van der Waals surface area contributed by atoms with Crippen LogP contribution in [-0.4, -0.2) is 76.9 Å². The Morgan fingerprint density at radius 1 is 1.28 bits per heavy atom. The number of likely N-dealkylation sites (tertiary alicyclic amines) is 1. The molecular formula is C27H36N2O7. The van der Waals surface area contributed by atoms with Gasteiger partial charge in [0.1, 0.15) is 23.3 Å². The number of anilines is 1. The summed E-state index contributed by atoms with van der Waals surface area (Å²) in [5.74, 6) is -3.18. The third-order valence-electron chi connectivity index (χ3n) is 8.33. The van der Waals surface area contributed by atoms with Gasteiger partial charge in [-0.25, -0.2) is 0 Å². The minimum absolute atomic E-state index is 0.0491. The largest absolute Gasteiger partial charge is 0.497 e. The van der Waals surface area contributed by atoms with Gasteiger partial charge < -0.3 is 29.5 Å². The third kappa shape index (κ3) is 3.89. The van der Waals surface area contributed by atoms with Gasteiger partial charge >= 0.3 is 5.97 Å². The number of ether oxygens (including phenoxy) is 2. The van der Waals surface area contributed by atoms with Crippen molar-refractivity contribution in [2.24, 2.45) is 17.8 Å². The van der Waals surface area contributed by atoms with Gasteiger partial charge in [0.05, 0.1) is 18.6 Å². The molecule has 2 N–H and O–H groups in total. The molecule has 1 aromatic rings. The van der Waals surface area contributed by atoms with Gasteiger partial charge in [-0.3, -0.25) is 14.4 Å². The maximum Gasteiger partial charge on any atom is 0.310 e. The molecule has 1 spiro atoms. The molecule has 0 aromatic heterocycles. The standard InChI is InChI=1S/C27H36N2O7/c1-5-13-28(18-9-11-19(35-4)12-10-18)24(32)22-27-16-17(2)26(3,36-27)21(25(33)34)20(27)23(31)29(22)14-7-6-8-15-30/h5,9-12,17,20-22,30H,1,6-8,13-16H2,2-4H3,(H,33,34)/t17?,20-,21-,22?,26+,27?/m0/s1. The lowest BCUT2D eigenvalue weighted by atomic mass is 9.62. The summed E-state index contributed by atoms with van der Waals surface area (Å²) in [6.45, 7) is 8.05. The summed E-state index contributed by atoms with van der Waals surface area (Å²) in [7, 11) is 1.56. The highest BCUT2D eigenvalue weighted by atomic mass is 16.5. The SMILES string of the molecule is C=CCN(C(=O)C1N(CCCCCO)C(=O)[C@@H]2[C@@H](C(=O)O)[C@]3(C)OC12CC3C)c1ccc(OC)cc1. The van der Waals surface area contributed by atoms with E-state index in [0.29, 0.717) is 43.7 Å². The second-order valence-corrected chi connectivity index (χ2v) is 10.3. The van der Waals surface area contributed by atoms with Gasteiger partial charge in [-0.1, -0.05) is 13.0 Å². The van der Waals surface area contributed by atoms with Crippen LogP contribution in [0.1, 0.15) is 39.5 Å². The van der Waals surface area contributed by atoms with Crippen LogP contribution in [-0.2, 0) is 19.1 Å². The smallest absolute Gasteiger partial charge is 0.310 e. The number of aliphatic hydroxyl groups excluding tert-OH is 1. The molecule has 0 radical (unpaired) electrons. The number of carboxylic acid groups (broad SMARTS) is 1. The number of carbonyl (C=O) groups is 3. The maximum absolute atomic E-state index is 14.3. The normalized spacial score (nSPS) is 32.4. The van der Waals surface area contributed by atoms with Crippen LogP contribution in [0.4, 0.5) is 5.69 Å². The zero-order valence-electron chi connectivity index (χ0n) is 21.2. The van der Waals surface area contributed by atoms with Gasteiger partial charge in [-0.05, 0) is 62.8 Å². The van der Waals surface area contributed by atoms with Crippen molar-refractivity contribution >= 4 is 23.5 Å². The van der Waals surface area contributed by atoms with Crippen molar-refractivity contribution in [3.63, 3.8) is 0 Å². The van der Waals surface area contributed by atoms with E-state index in [4.69, 9.17) is 9.47 Å². The predicted molar refractivity (Wildman–Crippen MR) is 133 cm³/mol. The summed E-state index contributed by atoms with van der Waals surface area (Å²) < 4.78 is 11.8. The van der Waals surface area contributed by atoms with Gasteiger partial charge in [-0.2, -0.15) is 0 Å². The zero-order chi connectivity index (χ0) is 26.3. The van der Waals surface area contributed by atoms with Crippen molar-refractivity contribution in [2.75, 3.05) is 31.7 Å². The van der Waals surface area contributed by atoms with Crippen molar-refractivity contribution in [1.29, 1.82) is 0 Å². The lowest BCUT2D eigenvalue weighted by molar-refractivity contribution is -0.156. The number of hydrogen-bond donors (Lipinski definition) is 2. The number of unbranched alkanes of at least 4 members (excludes halogenated alkanes) is 2. The first kappa shape index (κ1) is 26.2. The number of aliphatic hydroxyl groups is 1. The van der Waals surface area contributed by atoms with E-state index in [9.17, 15) is 24.6 Å². The molecule has 196 valence electrons. The topological polar surface area (TPSA) is 117 Å². The Morgan fingerprint density at radius 3 is 2.56 bits per heavy atom. The Bertz CT molecular complexity index is 1030. The number of rotatable bonds is 11. The van der Waals surface area contributed by atoms with Gasteiger partial charge in [0.2, 0.25) is 5.91 Å². The summed E-state index contributed by atoms with van der Waals surface area (Å²) in [6, 6.07) is 6.10. The number of nitrogens with zero attached hydrogens (tertiary/aromatic N) is 2. The molecular weight excluding hydrogens is 464 g/mol. The van der Waals surface area contributed by atoms with E-state index in [0.717, 1.165) is 0 Å². The molecule has 1 aromatic carbocycles. The number of aliphatic carboxylic acids is 1. The molecule has 2 bridgehead atoms. The minimum atomic E-state index is -1.21. The molecule has 0 saturated carbocycles.